The van der Waals surface area contributed by atoms with Crippen molar-refractivity contribution in [1.29, 1.82) is 0 Å². The highest BCUT2D eigenvalue weighted by Gasteiger charge is 2.10. The molecule has 2 aromatic rings. The molecule has 0 saturated carbocycles. The third kappa shape index (κ3) is 4.57. The number of nitrogens with one attached hydrogen (secondary N) is 1. The Bertz CT molecular complexity index is 707. The zero-order valence-electron chi connectivity index (χ0n) is 13.4. The molecule has 0 unspecified atom stereocenters. The standard InChI is InChI=1S/C18H19NO4/c1-12-4-7-15(8-5-12)19-18(21)11-23-16-9-6-14(13(2)20)10-17(16)22-3/h4-10H,11H2,1-3H3,(H,19,21). The lowest BCUT2D eigenvalue weighted by atomic mass is 10.1. The van der Waals surface area contributed by atoms with Crippen LogP contribution < -0.4 is 14.8 Å². The molecule has 0 heterocycles. The Morgan fingerprint density at radius 2 is 1.74 bits per heavy atom. The van der Waals surface area contributed by atoms with Gasteiger partial charge in [0.2, 0.25) is 0 Å². The van der Waals surface area contributed by atoms with E-state index in [1.165, 1.54) is 14.0 Å². The van der Waals surface area contributed by atoms with Crippen LogP contribution in [-0.4, -0.2) is 25.4 Å². The van der Waals surface area contributed by atoms with Gasteiger partial charge in [-0.05, 0) is 44.2 Å². The second-order valence-electron chi connectivity index (χ2n) is 5.12. The predicted molar refractivity (Wildman–Crippen MR) is 88.3 cm³/mol. The number of anilines is 1. The molecule has 5 nitrogen and oxygen atoms in total. The highest BCUT2D eigenvalue weighted by molar-refractivity contribution is 5.95. The average Bonchev–Trinajstić information content (AvgIpc) is 2.54. The molecule has 2 aromatic carbocycles. The number of Topliss-reactive ketones (excluding diaryl/α,β-unsaturated/α-hetero) is 1. The number of ether oxygens (including phenoxy) is 2. The number of ketones is 1. The first-order valence-electron chi connectivity index (χ1n) is 7.18. The molecule has 0 aliphatic carbocycles. The first-order valence-corrected chi connectivity index (χ1v) is 7.18. The summed E-state index contributed by atoms with van der Waals surface area (Å²) in [5, 5.41) is 2.75. The third-order valence-corrected chi connectivity index (χ3v) is 3.26. The Kier molecular flexibility index (Phi) is 5.36. The SMILES string of the molecule is COc1cc(C(C)=O)ccc1OCC(=O)Nc1ccc(C)cc1. The normalized spacial score (nSPS) is 10.0. The number of carbonyl (C=O) groups is 2. The predicted octanol–water partition coefficient (Wildman–Crippen LogP) is 3.22. The number of hydrogen-bond acceptors (Lipinski definition) is 4. The van der Waals surface area contributed by atoms with Gasteiger partial charge < -0.3 is 14.8 Å². The van der Waals surface area contributed by atoms with E-state index in [1.54, 1.807) is 18.2 Å². The fourth-order valence-electron chi connectivity index (χ4n) is 1.98. The van der Waals surface area contributed by atoms with Gasteiger partial charge in [0.15, 0.2) is 23.9 Å². The molecule has 120 valence electrons. The van der Waals surface area contributed by atoms with E-state index in [0.29, 0.717) is 22.7 Å². The van der Waals surface area contributed by atoms with Gasteiger partial charge >= 0.3 is 0 Å². The van der Waals surface area contributed by atoms with E-state index < -0.39 is 0 Å². The molecule has 0 radical (unpaired) electrons. The molecule has 0 saturated heterocycles. The van der Waals surface area contributed by atoms with Crippen LogP contribution in [0.15, 0.2) is 42.5 Å². The van der Waals surface area contributed by atoms with Crippen LogP contribution in [0.1, 0.15) is 22.8 Å². The first-order chi connectivity index (χ1) is 11.0. The van der Waals surface area contributed by atoms with Crippen molar-refractivity contribution in [3.63, 3.8) is 0 Å². The summed E-state index contributed by atoms with van der Waals surface area (Å²) in [6.07, 6.45) is 0. The molecule has 2 rings (SSSR count). The molecule has 0 spiro atoms. The van der Waals surface area contributed by atoms with Crippen molar-refractivity contribution in [2.24, 2.45) is 0 Å². The highest BCUT2D eigenvalue weighted by Crippen LogP contribution is 2.28. The van der Waals surface area contributed by atoms with Gasteiger partial charge in [0.25, 0.3) is 5.91 Å². The van der Waals surface area contributed by atoms with Crippen molar-refractivity contribution < 1.29 is 19.1 Å². The summed E-state index contributed by atoms with van der Waals surface area (Å²) in [5.74, 6) is 0.496. The number of amides is 1. The maximum Gasteiger partial charge on any atom is 0.262 e. The molecule has 0 aliphatic rings. The van der Waals surface area contributed by atoms with Crippen LogP contribution in [0.4, 0.5) is 5.69 Å². The van der Waals surface area contributed by atoms with Crippen LogP contribution in [0, 0.1) is 6.92 Å². The van der Waals surface area contributed by atoms with Crippen molar-refractivity contribution in [2.75, 3.05) is 19.0 Å². The van der Waals surface area contributed by atoms with Crippen molar-refractivity contribution >= 4 is 17.4 Å². The number of hydrogen-bond donors (Lipinski definition) is 1. The van der Waals surface area contributed by atoms with E-state index in [4.69, 9.17) is 9.47 Å². The molecular formula is C18H19NO4. The lowest BCUT2D eigenvalue weighted by Gasteiger charge is -2.11. The lowest BCUT2D eigenvalue weighted by Crippen LogP contribution is -2.20. The minimum Gasteiger partial charge on any atom is -0.493 e. The van der Waals surface area contributed by atoms with Gasteiger partial charge in [-0.15, -0.1) is 0 Å². The second kappa shape index (κ2) is 7.45. The summed E-state index contributed by atoms with van der Waals surface area (Å²) in [5.41, 5.74) is 2.36. The van der Waals surface area contributed by atoms with Gasteiger partial charge in [0, 0.05) is 11.3 Å². The van der Waals surface area contributed by atoms with Gasteiger partial charge in [-0.2, -0.15) is 0 Å². The molecule has 5 heteroatoms. The molecule has 0 aliphatic heterocycles. The van der Waals surface area contributed by atoms with E-state index in [2.05, 4.69) is 5.32 Å². The third-order valence-electron chi connectivity index (χ3n) is 3.26. The largest absolute Gasteiger partial charge is 0.493 e. The molecule has 0 bridgehead atoms. The minimum atomic E-state index is -0.272. The monoisotopic (exact) mass is 313 g/mol. The maximum absolute atomic E-state index is 11.9. The Morgan fingerprint density at radius 3 is 2.35 bits per heavy atom. The minimum absolute atomic E-state index is 0.0630. The van der Waals surface area contributed by atoms with Crippen molar-refractivity contribution in [3.8, 4) is 11.5 Å². The van der Waals surface area contributed by atoms with Crippen LogP contribution in [0.5, 0.6) is 11.5 Å². The Hall–Kier alpha value is -2.82. The van der Waals surface area contributed by atoms with E-state index in [-0.39, 0.29) is 18.3 Å². The Labute approximate surface area is 135 Å². The van der Waals surface area contributed by atoms with E-state index >= 15 is 0 Å². The van der Waals surface area contributed by atoms with Crippen LogP contribution >= 0.6 is 0 Å². The smallest absolute Gasteiger partial charge is 0.262 e. The topological polar surface area (TPSA) is 64.6 Å². The number of rotatable bonds is 6. The van der Waals surface area contributed by atoms with Gasteiger partial charge in [-0.1, -0.05) is 17.7 Å². The van der Waals surface area contributed by atoms with Crippen molar-refractivity contribution in [2.45, 2.75) is 13.8 Å². The molecule has 23 heavy (non-hydrogen) atoms. The zero-order chi connectivity index (χ0) is 16.8. The summed E-state index contributed by atoms with van der Waals surface area (Å²) in [6.45, 7) is 3.31. The first kappa shape index (κ1) is 16.5. The summed E-state index contributed by atoms with van der Waals surface area (Å²) < 4.78 is 10.7. The quantitative estimate of drug-likeness (QED) is 0.832. The van der Waals surface area contributed by atoms with Crippen LogP contribution in [0.3, 0.4) is 0 Å². The van der Waals surface area contributed by atoms with Gasteiger partial charge in [0.1, 0.15) is 0 Å². The van der Waals surface area contributed by atoms with Crippen LogP contribution in [0.25, 0.3) is 0 Å². The molecule has 1 N–H and O–H groups in total. The van der Waals surface area contributed by atoms with E-state index in [1.807, 2.05) is 31.2 Å². The molecule has 0 fully saturated rings. The highest BCUT2D eigenvalue weighted by atomic mass is 16.5. The number of carbonyl (C=O) groups excluding carboxylic acids is 2. The maximum atomic E-state index is 11.9. The van der Waals surface area contributed by atoms with Crippen molar-refractivity contribution in [1.82, 2.24) is 0 Å². The van der Waals surface area contributed by atoms with Crippen LogP contribution in [0.2, 0.25) is 0 Å². The molecule has 0 atom stereocenters. The zero-order valence-corrected chi connectivity index (χ0v) is 13.4. The number of methoxy groups -OCH3 is 1. The fraction of sp³-hybridized carbons (Fsp3) is 0.222. The Morgan fingerprint density at radius 1 is 1.04 bits per heavy atom. The van der Waals surface area contributed by atoms with Gasteiger partial charge in [-0.25, -0.2) is 0 Å². The Balaban J connectivity index is 1.98. The summed E-state index contributed by atoms with van der Waals surface area (Å²) >= 11 is 0. The number of aryl methyl sites for hydroxylation is 1. The second-order valence-corrected chi connectivity index (χ2v) is 5.12. The fourth-order valence-corrected chi connectivity index (χ4v) is 1.98. The van der Waals surface area contributed by atoms with Gasteiger partial charge in [0.05, 0.1) is 7.11 Å². The molecular weight excluding hydrogens is 294 g/mol. The molecule has 0 aromatic heterocycles. The summed E-state index contributed by atoms with van der Waals surface area (Å²) in [6, 6.07) is 12.3. The van der Waals surface area contributed by atoms with E-state index in [0.717, 1.165) is 5.56 Å². The summed E-state index contributed by atoms with van der Waals surface area (Å²) in [7, 11) is 1.48. The summed E-state index contributed by atoms with van der Waals surface area (Å²) in [4.78, 5) is 23.3. The lowest BCUT2D eigenvalue weighted by molar-refractivity contribution is -0.118. The molecule has 1 amide bonds. The average molecular weight is 313 g/mol. The van der Waals surface area contributed by atoms with E-state index in [9.17, 15) is 9.59 Å². The van der Waals surface area contributed by atoms with Crippen molar-refractivity contribution in [3.05, 3.63) is 53.6 Å². The van der Waals surface area contributed by atoms with Gasteiger partial charge in [-0.3, -0.25) is 9.59 Å². The number of benzene rings is 2. The van der Waals surface area contributed by atoms with Crippen LogP contribution in [-0.2, 0) is 4.79 Å².